The monoisotopic (exact) mass is 287 g/mol. The summed E-state index contributed by atoms with van der Waals surface area (Å²) in [6.07, 6.45) is 10.9. The highest BCUT2D eigenvalue weighted by Crippen LogP contribution is 2.35. The second-order valence-corrected chi connectivity index (χ2v) is 6.61. The van der Waals surface area contributed by atoms with Gasteiger partial charge in [0.05, 0.1) is 6.61 Å². The largest absolute Gasteiger partial charge is 0.493 e. The van der Waals surface area contributed by atoms with Gasteiger partial charge in [0.2, 0.25) is 0 Å². The van der Waals surface area contributed by atoms with E-state index in [9.17, 15) is 0 Å². The quantitative estimate of drug-likeness (QED) is 0.871. The van der Waals surface area contributed by atoms with Crippen molar-refractivity contribution in [1.82, 2.24) is 5.32 Å². The van der Waals surface area contributed by atoms with Gasteiger partial charge in [-0.15, -0.1) is 0 Å². The first-order valence-electron chi connectivity index (χ1n) is 8.87. The number of hydrogen-bond donors (Lipinski definition) is 1. The third kappa shape index (κ3) is 3.60. The van der Waals surface area contributed by atoms with Crippen LogP contribution in [0.5, 0.6) is 5.75 Å². The van der Waals surface area contributed by atoms with Gasteiger partial charge in [-0.3, -0.25) is 0 Å². The molecule has 0 aromatic heterocycles. The summed E-state index contributed by atoms with van der Waals surface area (Å²) in [6, 6.07) is 7.40. The molecule has 1 aliphatic carbocycles. The minimum atomic E-state index is 0.527. The third-order valence-electron chi connectivity index (χ3n) is 5.12. The van der Waals surface area contributed by atoms with Crippen molar-refractivity contribution in [3.8, 4) is 5.75 Å². The van der Waals surface area contributed by atoms with Crippen LogP contribution in [0.1, 0.15) is 69.0 Å². The summed E-state index contributed by atoms with van der Waals surface area (Å²) in [6.45, 7) is 4.13. The van der Waals surface area contributed by atoms with E-state index in [4.69, 9.17) is 4.74 Å². The molecule has 2 nitrogen and oxygen atoms in total. The molecule has 1 N–H and O–H groups in total. The molecular weight excluding hydrogens is 258 g/mol. The number of rotatable bonds is 4. The Morgan fingerprint density at radius 2 is 1.90 bits per heavy atom. The van der Waals surface area contributed by atoms with Gasteiger partial charge in [-0.05, 0) is 42.5 Å². The van der Waals surface area contributed by atoms with Gasteiger partial charge in [0.25, 0.3) is 0 Å². The zero-order valence-corrected chi connectivity index (χ0v) is 13.4. The predicted octanol–water partition coefficient (Wildman–Crippen LogP) is 4.63. The number of ether oxygens (including phenoxy) is 1. The zero-order chi connectivity index (χ0) is 14.5. The standard InChI is InChI=1S/C19H29NO/c1-2-20-19(15-8-6-4-3-5-7-9-15)17-10-11-18-16(14-17)12-13-21-18/h10-11,14-15,19-20H,2-9,12-13H2,1H3. The van der Waals surface area contributed by atoms with Gasteiger partial charge in [0, 0.05) is 12.5 Å². The molecule has 1 heterocycles. The maximum atomic E-state index is 5.65. The Kier molecular flexibility index (Phi) is 5.18. The maximum absolute atomic E-state index is 5.65. The molecule has 0 amide bonds. The molecule has 1 unspecified atom stereocenters. The van der Waals surface area contributed by atoms with E-state index >= 15 is 0 Å². The molecule has 1 fully saturated rings. The molecule has 2 heteroatoms. The van der Waals surface area contributed by atoms with Gasteiger partial charge in [-0.1, -0.05) is 51.2 Å². The van der Waals surface area contributed by atoms with Crippen LogP contribution in [0, 0.1) is 5.92 Å². The predicted molar refractivity (Wildman–Crippen MR) is 87.9 cm³/mol. The topological polar surface area (TPSA) is 21.3 Å². The molecule has 1 atom stereocenters. The first kappa shape index (κ1) is 14.9. The Morgan fingerprint density at radius 3 is 2.67 bits per heavy atom. The summed E-state index contributed by atoms with van der Waals surface area (Å²) in [4.78, 5) is 0. The van der Waals surface area contributed by atoms with Gasteiger partial charge in [0.1, 0.15) is 5.75 Å². The van der Waals surface area contributed by atoms with E-state index in [1.807, 2.05) is 0 Å². The van der Waals surface area contributed by atoms with Crippen molar-refractivity contribution >= 4 is 0 Å². The molecule has 1 aromatic rings. The highest BCUT2D eigenvalue weighted by atomic mass is 16.5. The molecular formula is C19H29NO. The van der Waals surface area contributed by atoms with E-state index in [1.54, 1.807) is 0 Å². The molecule has 116 valence electrons. The van der Waals surface area contributed by atoms with Crippen LogP contribution in [-0.2, 0) is 6.42 Å². The average molecular weight is 287 g/mol. The Morgan fingerprint density at radius 1 is 1.14 bits per heavy atom. The lowest BCUT2D eigenvalue weighted by atomic mass is 9.82. The van der Waals surface area contributed by atoms with Crippen LogP contribution in [0.15, 0.2) is 18.2 Å². The van der Waals surface area contributed by atoms with Crippen molar-refractivity contribution in [3.63, 3.8) is 0 Å². The minimum Gasteiger partial charge on any atom is -0.493 e. The second kappa shape index (κ2) is 7.31. The third-order valence-corrected chi connectivity index (χ3v) is 5.12. The molecule has 1 saturated carbocycles. The second-order valence-electron chi connectivity index (χ2n) is 6.61. The summed E-state index contributed by atoms with van der Waals surface area (Å²) in [7, 11) is 0. The highest BCUT2D eigenvalue weighted by molar-refractivity contribution is 5.41. The lowest BCUT2D eigenvalue weighted by Gasteiger charge is -2.30. The van der Waals surface area contributed by atoms with Crippen molar-refractivity contribution in [2.45, 2.75) is 64.3 Å². The molecule has 1 aliphatic heterocycles. The van der Waals surface area contributed by atoms with Crippen LogP contribution in [0.3, 0.4) is 0 Å². The highest BCUT2D eigenvalue weighted by Gasteiger charge is 2.24. The summed E-state index contributed by atoms with van der Waals surface area (Å²) in [5.41, 5.74) is 2.88. The molecule has 0 spiro atoms. The molecule has 21 heavy (non-hydrogen) atoms. The van der Waals surface area contributed by atoms with Crippen molar-refractivity contribution in [2.75, 3.05) is 13.2 Å². The average Bonchev–Trinajstić information content (AvgIpc) is 2.92. The summed E-state index contributed by atoms with van der Waals surface area (Å²) in [5.74, 6) is 1.90. The van der Waals surface area contributed by atoms with Gasteiger partial charge in [-0.2, -0.15) is 0 Å². The summed E-state index contributed by atoms with van der Waals surface area (Å²) < 4.78 is 5.65. The van der Waals surface area contributed by atoms with Gasteiger partial charge >= 0.3 is 0 Å². The van der Waals surface area contributed by atoms with Crippen LogP contribution < -0.4 is 10.1 Å². The van der Waals surface area contributed by atoms with Crippen LogP contribution >= 0.6 is 0 Å². The number of fused-ring (bicyclic) bond motifs is 1. The van der Waals surface area contributed by atoms with Crippen LogP contribution in [0.25, 0.3) is 0 Å². The Balaban J connectivity index is 1.79. The fourth-order valence-corrected chi connectivity index (χ4v) is 4.00. The van der Waals surface area contributed by atoms with Crippen molar-refractivity contribution in [1.29, 1.82) is 0 Å². The molecule has 0 radical (unpaired) electrons. The summed E-state index contributed by atoms with van der Waals surface area (Å²) in [5, 5.41) is 3.77. The number of benzene rings is 1. The SMILES string of the molecule is CCNC(c1ccc2c(c1)CCO2)C1CCCCCCC1. The number of hydrogen-bond acceptors (Lipinski definition) is 2. The van der Waals surface area contributed by atoms with E-state index in [0.29, 0.717) is 6.04 Å². The van der Waals surface area contributed by atoms with E-state index < -0.39 is 0 Å². The lowest BCUT2D eigenvalue weighted by molar-refractivity contribution is 0.291. The molecule has 0 bridgehead atoms. The van der Waals surface area contributed by atoms with E-state index in [-0.39, 0.29) is 0 Å². The Hall–Kier alpha value is -1.02. The Bertz CT molecular complexity index is 449. The minimum absolute atomic E-state index is 0.527. The fraction of sp³-hybridized carbons (Fsp3) is 0.684. The van der Waals surface area contributed by atoms with E-state index in [2.05, 4.69) is 30.4 Å². The van der Waals surface area contributed by atoms with E-state index in [1.165, 1.54) is 56.1 Å². The first-order chi connectivity index (χ1) is 10.4. The van der Waals surface area contributed by atoms with E-state index in [0.717, 1.165) is 31.2 Å². The molecule has 2 aliphatic rings. The normalized spacial score (nSPS) is 21.2. The van der Waals surface area contributed by atoms with Crippen molar-refractivity contribution in [2.24, 2.45) is 5.92 Å². The van der Waals surface area contributed by atoms with Gasteiger partial charge < -0.3 is 10.1 Å². The van der Waals surface area contributed by atoms with Crippen LogP contribution in [0.2, 0.25) is 0 Å². The van der Waals surface area contributed by atoms with Gasteiger partial charge in [-0.25, -0.2) is 0 Å². The smallest absolute Gasteiger partial charge is 0.122 e. The molecule has 0 saturated heterocycles. The molecule has 1 aromatic carbocycles. The first-order valence-corrected chi connectivity index (χ1v) is 8.87. The fourth-order valence-electron chi connectivity index (χ4n) is 4.00. The number of nitrogens with one attached hydrogen (secondary N) is 1. The van der Waals surface area contributed by atoms with Crippen LogP contribution in [0.4, 0.5) is 0 Å². The molecule has 3 rings (SSSR count). The maximum Gasteiger partial charge on any atom is 0.122 e. The van der Waals surface area contributed by atoms with Crippen LogP contribution in [-0.4, -0.2) is 13.2 Å². The summed E-state index contributed by atoms with van der Waals surface area (Å²) >= 11 is 0. The lowest BCUT2D eigenvalue weighted by Crippen LogP contribution is -2.29. The van der Waals surface area contributed by atoms with Gasteiger partial charge in [0.15, 0.2) is 0 Å². The zero-order valence-electron chi connectivity index (χ0n) is 13.4. The van der Waals surface area contributed by atoms with Crippen molar-refractivity contribution < 1.29 is 4.74 Å². The van der Waals surface area contributed by atoms with Crippen molar-refractivity contribution in [3.05, 3.63) is 29.3 Å². The Labute approximate surface area is 129 Å².